The summed E-state index contributed by atoms with van der Waals surface area (Å²) < 4.78 is 4.69. The van der Waals surface area contributed by atoms with Crippen molar-refractivity contribution in [2.75, 3.05) is 13.7 Å². The van der Waals surface area contributed by atoms with Crippen molar-refractivity contribution in [1.82, 2.24) is 10.3 Å². The Morgan fingerprint density at radius 1 is 1.33 bits per heavy atom. The van der Waals surface area contributed by atoms with Gasteiger partial charge in [-0.25, -0.2) is 9.78 Å². The number of Topliss-reactive ketones (excluding diaryl/α,β-unsaturated/α-hetero) is 1. The van der Waals surface area contributed by atoms with Gasteiger partial charge >= 0.3 is 6.09 Å². The largest absolute Gasteiger partial charge is 0.441 e. The van der Waals surface area contributed by atoms with Crippen LogP contribution in [0, 0.1) is 0 Å². The molecule has 1 N–H and O–H groups in total. The molecule has 0 radical (unpaired) electrons. The number of rotatable bonds is 3. The van der Waals surface area contributed by atoms with Gasteiger partial charge in [0.2, 0.25) is 5.78 Å². The summed E-state index contributed by atoms with van der Waals surface area (Å²) in [6.07, 6.45) is -0.629. The zero-order chi connectivity index (χ0) is 13.8. The molecule has 5 heteroatoms. The molecule has 0 saturated carbocycles. The summed E-state index contributed by atoms with van der Waals surface area (Å²) >= 11 is 0. The minimum absolute atomic E-state index is 0.127. The number of nitrogens with zero attached hydrogens (tertiary/aromatic N) is 1. The summed E-state index contributed by atoms with van der Waals surface area (Å²) in [4.78, 5) is 26.9. The van der Waals surface area contributed by atoms with Crippen molar-refractivity contribution in [2.24, 2.45) is 0 Å². The van der Waals surface area contributed by atoms with Crippen LogP contribution in [-0.2, 0) is 10.2 Å². The van der Waals surface area contributed by atoms with Gasteiger partial charge in [-0.3, -0.25) is 4.79 Å². The molecule has 0 aromatic carbocycles. The summed E-state index contributed by atoms with van der Waals surface area (Å²) in [6.45, 7) is 5.75. The number of nitrogens with one attached hydrogen (secondary N) is 1. The van der Waals surface area contributed by atoms with Gasteiger partial charge < -0.3 is 10.1 Å². The Hall–Kier alpha value is -1.91. The molecule has 98 valence electrons. The molecule has 0 aliphatic rings. The number of amides is 1. The summed E-state index contributed by atoms with van der Waals surface area (Å²) in [5.41, 5.74) is 1.01. The number of aromatic nitrogens is 1. The minimum Gasteiger partial charge on any atom is -0.441 e. The highest BCUT2D eigenvalue weighted by molar-refractivity contribution is 5.96. The monoisotopic (exact) mass is 250 g/mol. The van der Waals surface area contributed by atoms with E-state index in [1.165, 1.54) is 7.05 Å². The molecule has 0 atom stereocenters. The Balaban J connectivity index is 2.78. The standard InChI is InChI=1S/C13H18N2O3/c1-13(2,3)11-7-5-6-9(15-11)10(16)8-18-12(17)14-4/h5-7H,8H2,1-4H3,(H,14,17). The number of alkyl carbamates (subject to hydrolysis) is 1. The van der Waals surface area contributed by atoms with Crippen LogP contribution in [0.4, 0.5) is 4.79 Å². The number of hydrogen-bond acceptors (Lipinski definition) is 4. The molecule has 0 bridgehead atoms. The van der Waals surface area contributed by atoms with E-state index in [4.69, 9.17) is 4.74 Å². The van der Waals surface area contributed by atoms with Crippen molar-refractivity contribution in [3.05, 3.63) is 29.6 Å². The zero-order valence-electron chi connectivity index (χ0n) is 11.1. The van der Waals surface area contributed by atoms with Gasteiger partial charge in [0.1, 0.15) is 5.69 Å². The number of carbonyl (C=O) groups is 2. The molecule has 0 saturated heterocycles. The maximum atomic E-state index is 11.8. The van der Waals surface area contributed by atoms with Crippen molar-refractivity contribution in [3.8, 4) is 0 Å². The van der Waals surface area contributed by atoms with Gasteiger partial charge in [0.15, 0.2) is 6.61 Å². The minimum atomic E-state index is -0.629. The SMILES string of the molecule is CNC(=O)OCC(=O)c1cccc(C(C)(C)C)n1. The van der Waals surface area contributed by atoms with Gasteiger partial charge in [0.25, 0.3) is 0 Å². The summed E-state index contributed by atoms with van der Waals surface area (Å²) in [5, 5.41) is 2.27. The van der Waals surface area contributed by atoms with E-state index in [-0.39, 0.29) is 17.8 Å². The van der Waals surface area contributed by atoms with Gasteiger partial charge in [-0.1, -0.05) is 26.8 Å². The number of pyridine rings is 1. The normalized spacial score (nSPS) is 10.9. The molecule has 18 heavy (non-hydrogen) atoms. The molecule has 1 heterocycles. The van der Waals surface area contributed by atoms with Crippen LogP contribution in [0.1, 0.15) is 37.0 Å². The molecule has 0 aliphatic heterocycles. The Kier molecular flexibility index (Phi) is 4.42. The lowest BCUT2D eigenvalue weighted by Gasteiger charge is -2.17. The highest BCUT2D eigenvalue weighted by Crippen LogP contribution is 2.19. The third-order valence-electron chi connectivity index (χ3n) is 2.34. The van der Waals surface area contributed by atoms with Gasteiger partial charge in [-0.2, -0.15) is 0 Å². The van der Waals surface area contributed by atoms with Gasteiger partial charge in [-0.15, -0.1) is 0 Å². The zero-order valence-corrected chi connectivity index (χ0v) is 11.1. The number of ether oxygens (including phenoxy) is 1. The molecule has 1 rings (SSSR count). The van der Waals surface area contributed by atoms with Crippen LogP contribution in [0.15, 0.2) is 18.2 Å². The van der Waals surface area contributed by atoms with E-state index in [9.17, 15) is 9.59 Å². The van der Waals surface area contributed by atoms with E-state index in [0.29, 0.717) is 5.69 Å². The number of ketones is 1. The Bertz CT molecular complexity index is 450. The fourth-order valence-electron chi connectivity index (χ4n) is 1.28. The first-order chi connectivity index (χ1) is 8.34. The molecule has 0 fully saturated rings. The molecule has 0 unspecified atom stereocenters. The van der Waals surface area contributed by atoms with Crippen LogP contribution in [0.25, 0.3) is 0 Å². The molecule has 1 amide bonds. The fraction of sp³-hybridized carbons (Fsp3) is 0.462. The lowest BCUT2D eigenvalue weighted by molar-refractivity contribution is 0.0842. The van der Waals surface area contributed by atoms with Crippen LogP contribution in [0.2, 0.25) is 0 Å². The van der Waals surface area contributed by atoms with Crippen molar-refractivity contribution >= 4 is 11.9 Å². The predicted molar refractivity (Wildman–Crippen MR) is 67.7 cm³/mol. The molecule has 1 aromatic rings. The first-order valence-corrected chi connectivity index (χ1v) is 5.70. The van der Waals surface area contributed by atoms with Crippen LogP contribution >= 0.6 is 0 Å². The summed E-state index contributed by atoms with van der Waals surface area (Å²) in [7, 11) is 1.44. The quantitative estimate of drug-likeness (QED) is 0.832. The average Bonchev–Trinajstić information content (AvgIpc) is 2.34. The maximum absolute atomic E-state index is 11.8. The molecule has 1 aromatic heterocycles. The maximum Gasteiger partial charge on any atom is 0.407 e. The van der Waals surface area contributed by atoms with Crippen molar-refractivity contribution in [2.45, 2.75) is 26.2 Å². The lowest BCUT2D eigenvalue weighted by atomic mass is 9.91. The smallest absolute Gasteiger partial charge is 0.407 e. The lowest BCUT2D eigenvalue weighted by Crippen LogP contribution is -2.23. The van der Waals surface area contributed by atoms with Gasteiger partial charge in [0.05, 0.1) is 0 Å². The van der Waals surface area contributed by atoms with E-state index >= 15 is 0 Å². The second-order valence-electron chi connectivity index (χ2n) is 4.91. The first-order valence-electron chi connectivity index (χ1n) is 5.70. The van der Waals surface area contributed by atoms with E-state index in [0.717, 1.165) is 5.69 Å². The molecule has 0 spiro atoms. The Morgan fingerprint density at radius 3 is 2.56 bits per heavy atom. The summed E-state index contributed by atoms with van der Waals surface area (Å²) in [6, 6.07) is 5.27. The van der Waals surface area contributed by atoms with Crippen LogP contribution in [-0.4, -0.2) is 30.5 Å². The second-order valence-corrected chi connectivity index (χ2v) is 4.91. The average molecular weight is 250 g/mol. The summed E-state index contributed by atoms with van der Waals surface area (Å²) in [5.74, 6) is -0.315. The van der Waals surface area contributed by atoms with Crippen LogP contribution in [0.5, 0.6) is 0 Å². The molecular weight excluding hydrogens is 232 g/mol. The highest BCUT2D eigenvalue weighted by atomic mass is 16.5. The van der Waals surface area contributed by atoms with Crippen molar-refractivity contribution in [1.29, 1.82) is 0 Å². The second kappa shape index (κ2) is 5.62. The van der Waals surface area contributed by atoms with E-state index in [2.05, 4.69) is 10.3 Å². The fourth-order valence-corrected chi connectivity index (χ4v) is 1.28. The topological polar surface area (TPSA) is 68.3 Å². The van der Waals surface area contributed by atoms with Gasteiger partial charge in [-0.05, 0) is 12.1 Å². The number of carbonyl (C=O) groups excluding carboxylic acids is 2. The molecule has 0 aliphatic carbocycles. The molecule has 5 nitrogen and oxygen atoms in total. The first kappa shape index (κ1) is 14.2. The third-order valence-corrected chi connectivity index (χ3v) is 2.34. The van der Waals surface area contributed by atoms with Crippen molar-refractivity contribution < 1.29 is 14.3 Å². The Labute approximate surface area is 107 Å². The highest BCUT2D eigenvalue weighted by Gasteiger charge is 2.17. The van der Waals surface area contributed by atoms with Crippen molar-refractivity contribution in [3.63, 3.8) is 0 Å². The molecular formula is C13H18N2O3. The van der Waals surface area contributed by atoms with E-state index in [1.807, 2.05) is 26.8 Å². The van der Waals surface area contributed by atoms with Gasteiger partial charge in [0, 0.05) is 18.2 Å². The number of hydrogen-bond donors (Lipinski definition) is 1. The Morgan fingerprint density at radius 2 is 2.00 bits per heavy atom. The van der Waals surface area contributed by atoms with E-state index in [1.54, 1.807) is 12.1 Å². The third kappa shape index (κ3) is 3.84. The van der Waals surface area contributed by atoms with Crippen LogP contribution < -0.4 is 5.32 Å². The van der Waals surface area contributed by atoms with Crippen LogP contribution in [0.3, 0.4) is 0 Å². The van der Waals surface area contributed by atoms with E-state index < -0.39 is 6.09 Å². The predicted octanol–water partition coefficient (Wildman–Crippen LogP) is 1.92.